The molecule has 0 radical (unpaired) electrons. The molecule has 0 saturated carbocycles. The minimum absolute atomic E-state index is 0.0855. The Morgan fingerprint density at radius 3 is 2.74 bits per heavy atom. The lowest BCUT2D eigenvalue weighted by atomic mass is 10.0. The second-order valence-corrected chi connectivity index (χ2v) is 6.21. The van der Waals surface area contributed by atoms with Crippen molar-refractivity contribution in [1.82, 2.24) is 9.80 Å². The number of rotatable bonds is 7. The number of carbonyl (C=O) groups excluding carboxylic acids is 1. The molecule has 6 heteroatoms. The van der Waals surface area contributed by atoms with Gasteiger partial charge in [0, 0.05) is 32.7 Å². The number of aliphatic hydroxyl groups is 1. The predicted molar refractivity (Wildman–Crippen MR) is 84.2 cm³/mol. The Hall–Kier alpha value is -1.53. The van der Waals surface area contributed by atoms with Crippen molar-refractivity contribution in [1.29, 1.82) is 0 Å². The average molecular weight is 326 g/mol. The van der Waals surface area contributed by atoms with E-state index in [1.807, 2.05) is 0 Å². The number of aliphatic hydroxyl groups excluding tert-OH is 1. The van der Waals surface area contributed by atoms with Gasteiger partial charge in [-0.2, -0.15) is 0 Å². The smallest absolute Gasteiger partial charge is 0.256 e. The molecule has 1 aliphatic heterocycles. The van der Waals surface area contributed by atoms with Crippen LogP contribution in [0.15, 0.2) is 18.2 Å². The van der Waals surface area contributed by atoms with E-state index in [1.54, 1.807) is 7.05 Å². The van der Waals surface area contributed by atoms with Crippen molar-refractivity contribution < 1.29 is 18.7 Å². The molecule has 1 heterocycles. The summed E-state index contributed by atoms with van der Waals surface area (Å²) in [6.45, 7) is 3.90. The average Bonchev–Trinajstić information content (AvgIpc) is 2.50. The Labute approximate surface area is 135 Å². The number of hydrogen-bond donors (Lipinski definition) is 1. The van der Waals surface area contributed by atoms with E-state index in [9.17, 15) is 18.7 Å². The first-order valence-corrected chi connectivity index (χ1v) is 8.05. The topological polar surface area (TPSA) is 43.8 Å². The number of carbonyl (C=O) groups is 1. The molecule has 4 nitrogen and oxygen atoms in total. The van der Waals surface area contributed by atoms with Gasteiger partial charge in [0.25, 0.3) is 5.91 Å². The highest BCUT2D eigenvalue weighted by molar-refractivity contribution is 5.94. The quantitative estimate of drug-likeness (QED) is 0.836. The zero-order chi connectivity index (χ0) is 17.0. The first-order chi connectivity index (χ1) is 10.9. The Balaban J connectivity index is 2.09. The van der Waals surface area contributed by atoms with E-state index in [1.165, 1.54) is 4.90 Å². The van der Waals surface area contributed by atoms with Crippen LogP contribution in [-0.2, 0) is 0 Å². The van der Waals surface area contributed by atoms with Gasteiger partial charge in [-0.15, -0.1) is 0 Å². The molecule has 1 aliphatic rings. The van der Waals surface area contributed by atoms with Crippen molar-refractivity contribution in [2.75, 3.05) is 26.7 Å². The molecule has 0 unspecified atom stereocenters. The van der Waals surface area contributed by atoms with Gasteiger partial charge in [-0.1, -0.05) is 19.8 Å². The van der Waals surface area contributed by atoms with Crippen molar-refractivity contribution >= 4 is 5.91 Å². The highest BCUT2D eigenvalue weighted by atomic mass is 19.1. The van der Waals surface area contributed by atoms with Gasteiger partial charge in [-0.3, -0.25) is 9.69 Å². The summed E-state index contributed by atoms with van der Waals surface area (Å²) < 4.78 is 27.1. The highest BCUT2D eigenvalue weighted by Crippen LogP contribution is 2.18. The molecule has 0 bridgehead atoms. The monoisotopic (exact) mass is 326 g/mol. The predicted octanol–water partition coefficient (Wildman–Crippen LogP) is 2.27. The summed E-state index contributed by atoms with van der Waals surface area (Å²) in [6.07, 6.45) is 2.44. The lowest BCUT2D eigenvalue weighted by Gasteiger charge is -2.40. The van der Waals surface area contributed by atoms with Crippen LogP contribution in [0.4, 0.5) is 8.78 Å². The first-order valence-electron chi connectivity index (χ1n) is 8.05. The van der Waals surface area contributed by atoms with Gasteiger partial charge in [0.15, 0.2) is 0 Å². The molecule has 1 atom stereocenters. The molecule has 2 rings (SSSR count). The highest BCUT2D eigenvalue weighted by Gasteiger charge is 2.30. The SMILES string of the molecule is CCCC[C@@H](CN1CC(O)C1)N(C)C(=O)c1cc(F)ccc1F. The van der Waals surface area contributed by atoms with Crippen LogP contribution in [0.1, 0.15) is 36.5 Å². The fourth-order valence-electron chi connectivity index (χ4n) is 2.85. The van der Waals surface area contributed by atoms with Gasteiger partial charge in [0.1, 0.15) is 11.6 Å². The molecule has 1 fully saturated rings. The molecule has 0 aromatic heterocycles. The van der Waals surface area contributed by atoms with E-state index in [0.29, 0.717) is 19.6 Å². The third-order valence-corrected chi connectivity index (χ3v) is 4.32. The molecule has 23 heavy (non-hydrogen) atoms. The van der Waals surface area contributed by atoms with Crippen molar-refractivity contribution in [3.63, 3.8) is 0 Å². The third-order valence-electron chi connectivity index (χ3n) is 4.32. The van der Waals surface area contributed by atoms with Gasteiger partial charge >= 0.3 is 0 Å². The van der Waals surface area contributed by atoms with Gasteiger partial charge in [-0.05, 0) is 24.6 Å². The van der Waals surface area contributed by atoms with Crippen molar-refractivity contribution in [3.05, 3.63) is 35.4 Å². The van der Waals surface area contributed by atoms with E-state index < -0.39 is 17.5 Å². The molecule has 1 saturated heterocycles. The zero-order valence-corrected chi connectivity index (χ0v) is 13.6. The molecule has 1 aromatic carbocycles. The minimum atomic E-state index is -0.711. The van der Waals surface area contributed by atoms with Gasteiger partial charge in [0.2, 0.25) is 0 Å². The van der Waals surface area contributed by atoms with Crippen LogP contribution in [0, 0.1) is 11.6 Å². The van der Waals surface area contributed by atoms with E-state index in [4.69, 9.17) is 0 Å². The van der Waals surface area contributed by atoms with E-state index in [-0.39, 0.29) is 17.7 Å². The maximum Gasteiger partial charge on any atom is 0.256 e. The molecule has 0 spiro atoms. The van der Waals surface area contributed by atoms with Crippen LogP contribution in [0.2, 0.25) is 0 Å². The van der Waals surface area contributed by atoms with E-state index in [2.05, 4.69) is 11.8 Å². The van der Waals surface area contributed by atoms with Crippen molar-refractivity contribution in [2.45, 2.75) is 38.3 Å². The number of β-amino-alcohol motifs (C(OH)–C–C–N with tert-alkyl or cyclic N) is 1. The Morgan fingerprint density at radius 2 is 2.13 bits per heavy atom. The van der Waals surface area contributed by atoms with Gasteiger partial charge in [-0.25, -0.2) is 8.78 Å². The molecule has 128 valence electrons. The Bertz CT molecular complexity index is 547. The lowest BCUT2D eigenvalue weighted by molar-refractivity contribution is -0.0115. The number of likely N-dealkylation sites (N-methyl/N-ethyl adjacent to an activating group) is 1. The fraction of sp³-hybridized carbons (Fsp3) is 0.588. The number of unbranched alkanes of at least 4 members (excludes halogenated alkanes) is 1. The number of hydrogen-bond acceptors (Lipinski definition) is 3. The maximum atomic E-state index is 13.8. The summed E-state index contributed by atoms with van der Waals surface area (Å²) in [4.78, 5) is 16.1. The Morgan fingerprint density at radius 1 is 1.43 bits per heavy atom. The molecular formula is C17H24F2N2O2. The van der Waals surface area contributed by atoms with Crippen LogP contribution in [0.5, 0.6) is 0 Å². The van der Waals surface area contributed by atoms with Crippen molar-refractivity contribution in [3.8, 4) is 0 Å². The molecule has 1 amide bonds. The number of likely N-dealkylation sites (tertiary alicyclic amines) is 1. The summed E-state index contributed by atoms with van der Waals surface area (Å²) >= 11 is 0. The number of benzene rings is 1. The normalized spacial score (nSPS) is 16.9. The van der Waals surface area contributed by atoms with E-state index in [0.717, 1.165) is 37.5 Å². The second-order valence-electron chi connectivity index (χ2n) is 6.21. The van der Waals surface area contributed by atoms with Gasteiger partial charge in [0.05, 0.1) is 11.7 Å². The maximum absolute atomic E-state index is 13.8. The summed E-state index contributed by atoms with van der Waals surface area (Å²) in [7, 11) is 1.63. The van der Waals surface area contributed by atoms with Crippen LogP contribution >= 0.6 is 0 Å². The lowest BCUT2D eigenvalue weighted by Crippen LogP contribution is -2.55. The largest absolute Gasteiger partial charge is 0.390 e. The van der Waals surface area contributed by atoms with Crippen LogP contribution in [-0.4, -0.2) is 59.6 Å². The molecule has 0 aliphatic carbocycles. The van der Waals surface area contributed by atoms with E-state index >= 15 is 0 Å². The van der Waals surface area contributed by atoms with Crippen LogP contribution in [0.3, 0.4) is 0 Å². The molecular weight excluding hydrogens is 302 g/mol. The van der Waals surface area contributed by atoms with Crippen LogP contribution < -0.4 is 0 Å². The third kappa shape index (κ3) is 4.48. The Kier molecular flexibility index (Phi) is 6.07. The number of halogens is 2. The summed E-state index contributed by atoms with van der Waals surface area (Å²) in [5.74, 6) is -1.85. The summed E-state index contributed by atoms with van der Waals surface area (Å²) in [5.41, 5.74) is -0.238. The fourth-order valence-corrected chi connectivity index (χ4v) is 2.85. The first kappa shape index (κ1) is 17.8. The van der Waals surface area contributed by atoms with Gasteiger partial charge < -0.3 is 10.0 Å². The second kappa shape index (κ2) is 7.84. The summed E-state index contributed by atoms with van der Waals surface area (Å²) in [6, 6.07) is 2.83. The molecule has 1 N–H and O–H groups in total. The van der Waals surface area contributed by atoms with Crippen LogP contribution in [0.25, 0.3) is 0 Å². The number of nitrogens with zero attached hydrogens (tertiary/aromatic N) is 2. The standard InChI is InChI=1S/C17H24F2N2O2/c1-3-4-5-13(9-21-10-14(22)11-21)20(2)17(23)15-8-12(18)6-7-16(15)19/h6-8,13-14,22H,3-5,9-11H2,1-2H3/t13-/m0/s1. The number of amides is 1. The zero-order valence-electron chi connectivity index (χ0n) is 13.6. The summed E-state index contributed by atoms with van der Waals surface area (Å²) in [5, 5.41) is 9.39. The minimum Gasteiger partial charge on any atom is -0.390 e. The molecule has 1 aromatic rings. The van der Waals surface area contributed by atoms with Crippen molar-refractivity contribution in [2.24, 2.45) is 0 Å².